The van der Waals surface area contributed by atoms with E-state index in [9.17, 15) is 9.59 Å². The van der Waals surface area contributed by atoms with E-state index in [0.717, 1.165) is 5.56 Å². The lowest BCUT2D eigenvalue weighted by molar-refractivity contribution is -0.139. The molecule has 2 rings (SSSR count). The molecule has 0 aliphatic carbocycles. The third-order valence-electron chi connectivity index (χ3n) is 2.47. The SMILES string of the molecule is COC(=O)Cc1csc(NC(=O)Cc2ccncc2)n1. The molecule has 0 aliphatic heterocycles. The van der Waals surface area contributed by atoms with Crippen LogP contribution in [0.2, 0.25) is 0 Å². The molecule has 0 unspecified atom stereocenters. The first-order valence-electron chi connectivity index (χ1n) is 5.87. The van der Waals surface area contributed by atoms with Crippen LogP contribution in [-0.4, -0.2) is 29.0 Å². The number of hydrogen-bond acceptors (Lipinski definition) is 6. The van der Waals surface area contributed by atoms with Crippen molar-refractivity contribution < 1.29 is 14.3 Å². The Morgan fingerprint density at radius 1 is 1.30 bits per heavy atom. The average molecular weight is 291 g/mol. The van der Waals surface area contributed by atoms with Crippen molar-refractivity contribution in [3.05, 3.63) is 41.2 Å². The van der Waals surface area contributed by atoms with Gasteiger partial charge in [0.2, 0.25) is 5.91 Å². The first kappa shape index (κ1) is 14.1. The van der Waals surface area contributed by atoms with Gasteiger partial charge in [-0.25, -0.2) is 4.98 Å². The van der Waals surface area contributed by atoms with Gasteiger partial charge in [0.15, 0.2) is 5.13 Å². The Bertz CT molecular complexity index is 598. The maximum absolute atomic E-state index is 11.8. The monoisotopic (exact) mass is 291 g/mol. The van der Waals surface area contributed by atoms with Gasteiger partial charge >= 0.3 is 5.97 Å². The van der Waals surface area contributed by atoms with E-state index in [4.69, 9.17) is 0 Å². The first-order chi connectivity index (χ1) is 9.67. The summed E-state index contributed by atoms with van der Waals surface area (Å²) in [5.41, 5.74) is 1.46. The molecule has 0 bridgehead atoms. The molecule has 1 amide bonds. The molecule has 0 radical (unpaired) electrons. The fourth-order valence-electron chi connectivity index (χ4n) is 1.52. The fraction of sp³-hybridized carbons (Fsp3) is 0.231. The van der Waals surface area contributed by atoms with Crippen LogP contribution in [0.25, 0.3) is 0 Å². The van der Waals surface area contributed by atoms with Crippen LogP contribution in [0, 0.1) is 0 Å². The summed E-state index contributed by atoms with van der Waals surface area (Å²) in [7, 11) is 1.33. The second-order valence-corrected chi connectivity index (χ2v) is 4.84. The van der Waals surface area contributed by atoms with Crippen LogP contribution in [0.15, 0.2) is 29.9 Å². The zero-order valence-corrected chi connectivity index (χ0v) is 11.6. The Hall–Kier alpha value is -2.28. The Balaban J connectivity index is 1.90. The van der Waals surface area contributed by atoms with Crippen molar-refractivity contribution in [2.24, 2.45) is 0 Å². The quantitative estimate of drug-likeness (QED) is 0.843. The van der Waals surface area contributed by atoms with Crippen LogP contribution in [-0.2, 0) is 27.2 Å². The van der Waals surface area contributed by atoms with Crippen molar-refractivity contribution in [1.82, 2.24) is 9.97 Å². The largest absolute Gasteiger partial charge is 0.469 e. The van der Waals surface area contributed by atoms with E-state index in [1.165, 1.54) is 18.4 Å². The molecular formula is C13H13N3O3S. The van der Waals surface area contributed by atoms with Crippen LogP contribution < -0.4 is 5.32 Å². The highest BCUT2D eigenvalue weighted by atomic mass is 32.1. The summed E-state index contributed by atoms with van der Waals surface area (Å²) in [5, 5.41) is 4.89. The summed E-state index contributed by atoms with van der Waals surface area (Å²) < 4.78 is 4.56. The van der Waals surface area contributed by atoms with Crippen LogP contribution in [0.3, 0.4) is 0 Å². The lowest BCUT2D eigenvalue weighted by Crippen LogP contribution is -2.14. The normalized spacial score (nSPS) is 10.1. The molecule has 0 spiro atoms. The number of thiazole rings is 1. The summed E-state index contributed by atoms with van der Waals surface area (Å²) >= 11 is 1.28. The molecule has 0 atom stereocenters. The second kappa shape index (κ2) is 6.76. The lowest BCUT2D eigenvalue weighted by atomic mass is 10.2. The standard InChI is InChI=1S/C13H13N3O3S/c1-19-12(18)7-10-8-20-13(15-10)16-11(17)6-9-2-4-14-5-3-9/h2-5,8H,6-7H2,1H3,(H,15,16,17). The number of nitrogens with zero attached hydrogens (tertiary/aromatic N) is 2. The van der Waals surface area contributed by atoms with Gasteiger partial charge in [0, 0.05) is 17.8 Å². The Kier molecular flexibility index (Phi) is 4.78. The number of carbonyl (C=O) groups excluding carboxylic acids is 2. The van der Waals surface area contributed by atoms with Crippen LogP contribution in [0.5, 0.6) is 0 Å². The molecule has 0 aromatic carbocycles. The number of hydrogen-bond donors (Lipinski definition) is 1. The molecule has 0 saturated carbocycles. The van der Waals surface area contributed by atoms with Crippen molar-refractivity contribution in [3.63, 3.8) is 0 Å². The van der Waals surface area contributed by atoms with Crippen LogP contribution in [0.4, 0.5) is 5.13 Å². The van der Waals surface area contributed by atoms with Crippen LogP contribution in [0.1, 0.15) is 11.3 Å². The molecule has 2 aromatic heterocycles. The molecule has 2 heterocycles. The average Bonchev–Trinajstić information content (AvgIpc) is 2.86. The van der Waals surface area contributed by atoms with Gasteiger partial charge in [-0.1, -0.05) is 0 Å². The number of ether oxygens (including phenoxy) is 1. The number of nitrogens with one attached hydrogen (secondary N) is 1. The van der Waals surface area contributed by atoms with Crippen molar-refractivity contribution in [1.29, 1.82) is 0 Å². The molecule has 7 heteroatoms. The van der Waals surface area contributed by atoms with Crippen molar-refractivity contribution >= 4 is 28.3 Å². The third kappa shape index (κ3) is 4.13. The van der Waals surface area contributed by atoms with Gasteiger partial charge in [0.1, 0.15) is 0 Å². The van der Waals surface area contributed by atoms with E-state index in [1.807, 2.05) is 0 Å². The van der Waals surface area contributed by atoms with Gasteiger partial charge in [-0.05, 0) is 17.7 Å². The van der Waals surface area contributed by atoms with E-state index < -0.39 is 0 Å². The van der Waals surface area contributed by atoms with Gasteiger partial charge in [-0.2, -0.15) is 0 Å². The minimum absolute atomic E-state index is 0.104. The highest BCUT2D eigenvalue weighted by molar-refractivity contribution is 7.13. The Morgan fingerprint density at radius 2 is 2.05 bits per heavy atom. The zero-order chi connectivity index (χ0) is 14.4. The Morgan fingerprint density at radius 3 is 2.75 bits per heavy atom. The summed E-state index contributed by atoms with van der Waals surface area (Å²) in [6.07, 6.45) is 3.64. The predicted molar refractivity (Wildman–Crippen MR) is 74.4 cm³/mol. The Labute approximate surface area is 119 Å². The minimum Gasteiger partial charge on any atom is -0.469 e. The molecular weight excluding hydrogens is 278 g/mol. The van der Waals surface area contributed by atoms with Crippen LogP contribution >= 0.6 is 11.3 Å². The lowest BCUT2D eigenvalue weighted by Gasteiger charge is -2.01. The number of amides is 1. The summed E-state index contributed by atoms with van der Waals surface area (Å²) in [6.45, 7) is 0. The topological polar surface area (TPSA) is 81.2 Å². The molecule has 6 nitrogen and oxygen atoms in total. The maximum atomic E-state index is 11.8. The van der Waals surface area contributed by atoms with Gasteiger partial charge in [-0.15, -0.1) is 11.3 Å². The number of pyridine rings is 1. The van der Waals surface area contributed by atoms with E-state index in [1.54, 1.807) is 29.9 Å². The predicted octanol–water partition coefficient (Wildman–Crippen LogP) is 1.43. The van der Waals surface area contributed by atoms with E-state index in [0.29, 0.717) is 10.8 Å². The van der Waals surface area contributed by atoms with Gasteiger partial charge in [0.25, 0.3) is 0 Å². The number of esters is 1. The number of rotatable bonds is 5. The molecule has 104 valence electrons. The zero-order valence-electron chi connectivity index (χ0n) is 10.8. The van der Waals surface area contributed by atoms with Crippen molar-refractivity contribution in [2.75, 3.05) is 12.4 Å². The minimum atomic E-state index is -0.357. The summed E-state index contributed by atoms with van der Waals surface area (Å²) in [6, 6.07) is 3.56. The molecule has 20 heavy (non-hydrogen) atoms. The van der Waals surface area contributed by atoms with E-state index in [2.05, 4.69) is 20.0 Å². The summed E-state index contributed by atoms with van der Waals surface area (Å²) in [4.78, 5) is 31.0. The highest BCUT2D eigenvalue weighted by Gasteiger charge is 2.10. The van der Waals surface area contributed by atoms with Gasteiger partial charge < -0.3 is 10.1 Å². The smallest absolute Gasteiger partial charge is 0.311 e. The van der Waals surface area contributed by atoms with Crippen molar-refractivity contribution in [3.8, 4) is 0 Å². The molecule has 1 N–H and O–H groups in total. The first-order valence-corrected chi connectivity index (χ1v) is 6.75. The molecule has 0 aliphatic rings. The van der Waals surface area contributed by atoms with Gasteiger partial charge in [-0.3, -0.25) is 14.6 Å². The van der Waals surface area contributed by atoms with Crippen molar-refractivity contribution in [2.45, 2.75) is 12.8 Å². The molecule has 0 saturated heterocycles. The fourth-order valence-corrected chi connectivity index (χ4v) is 2.24. The molecule has 0 fully saturated rings. The summed E-state index contributed by atoms with van der Waals surface area (Å²) in [5.74, 6) is -0.514. The second-order valence-electron chi connectivity index (χ2n) is 3.98. The number of carbonyl (C=O) groups is 2. The number of methoxy groups -OCH3 is 1. The van der Waals surface area contributed by atoms with Gasteiger partial charge in [0.05, 0.1) is 25.6 Å². The maximum Gasteiger partial charge on any atom is 0.311 e. The van der Waals surface area contributed by atoms with E-state index in [-0.39, 0.29) is 24.7 Å². The third-order valence-corrected chi connectivity index (χ3v) is 3.27. The number of anilines is 1. The molecule has 2 aromatic rings. The highest BCUT2D eigenvalue weighted by Crippen LogP contribution is 2.16. The number of aromatic nitrogens is 2. The van der Waals surface area contributed by atoms with E-state index >= 15 is 0 Å².